The van der Waals surface area contributed by atoms with Gasteiger partial charge in [0.25, 0.3) is 0 Å². The maximum atomic E-state index is 4.49. The Morgan fingerprint density at radius 1 is 1.10 bits per heavy atom. The summed E-state index contributed by atoms with van der Waals surface area (Å²) < 4.78 is 1.74. The van der Waals surface area contributed by atoms with Gasteiger partial charge >= 0.3 is 0 Å². The molecule has 0 atom stereocenters. The second-order valence-electron chi connectivity index (χ2n) is 4.19. The van der Waals surface area contributed by atoms with E-state index in [-0.39, 0.29) is 0 Å². The van der Waals surface area contributed by atoms with Crippen molar-refractivity contribution in [2.75, 3.05) is 12.4 Å². The van der Waals surface area contributed by atoms with Crippen molar-refractivity contribution < 1.29 is 0 Å². The molecule has 0 aliphatic rings. The molecule has 3 aromatic rings. The molecule has 0 aliphatic carbocycles. The molecule has 0 unspecified atom stereocenters. The van der Waals surface area contributed by atoms with E-state index < -0.39 is 0 Å². The molecule has 0 saturated carbocycles. The Morgan fingerprint density at radius 3 is 2.70 bits per heavy atom. The van der Waals surface area contributed by atoms with Crippen LogP contribution in [0.1, 0.15) is 5.56 Å². The van der Waals surface area contributed by atoms with Crippen molar-refractivity contribution in [2.24, 2.45) is 0 Å². The van der Waals surface area contributed by atoms with Gasteiger partial charge in [0.1, 0.15) is 6.33 Å². The van der Waals surface area contributed by atoms with Gasteiger partial charge in [-0.05, 0) is 18.6 Å². The molecule has 7 nitrogen and oxygen atoms in total. The summed E-state index contributed by atoms with van der Waals surface area (Å²) in [7, 11) is 1.77. The molecule has 0 fully saturated rings. The first-order chi connectivity index (χ1) is 9.78. The lowest BCUT2D eigenvalue weighted by molar-refractivity contribution is 0.901. The Balaban J connectivity index is 2.17. The van der Waals surface area contributed by atoms with Gasteiger partial charge in [0, 0.05) is 37.4 Å². The number of rotatable bonds is 3. The molecule has 0 aliphatic heterocycles. The second-order valence-corrected chi connectivity index (χ2v) is 4.19. The minimum atomic E-state index is 0.509. The van der Waals surface area contributed by atoms with E-state index in [1.54, 1.807) is 42.7 Å². The monoisotopic (exact) mass is 267 g/mol. The average Bonchev–Trinajstić information content (AvgIpc) is 3.01. The van der Waals surface area contributed by atoms with E-state index in [0.717, 1.165) is 11.1 Å². The smallest absolute Gasteiger partial charge is 0.240 e. The molecule has 7 heteroatoms. The highest BCUT2D eigenvalue weighted by molar-refractivity contribution is 5.60. The van der Waals surface area contributed by atoms with Crippen LogP contribution in [0.2, 0.25) is 0 Å². The van der Waals surface area contributed by atoms with Crippen LogP contribution in [0.4, 0.5) is 5.95 Å². The molecule has 0 bridgehead atoms. The van der Waals surface area contributed by atoms with Crippen LogP contribution >= 0.6 is 0 Å². The van der Waals surface area contributed by atoms with Gasteiger partial charge in [-0.2, -0.15) is 15.0 Å². The molecule has 3 rings (SSSR count). The first kappa shape index (κ1) is 12.2. The van der Waals surface area contributed by atoms with Crippen LogP contribution in [0.15, 0.2) is 37.2 Å². The van der Waals surface area contributed by atoms with Gasteiger partial charge in [-0.15, -0.1) is 0 Å². The Bertz CT molecular complexity index is 721. The molecular formula is C13H13N7. The second kappa shape index (κ2) is 5.04. The van der Waals surface area contributed by atoms with Crippen LogP contribution in [0.3, 0.4) is 0 Å². The number of aryl methyl sites for hydroxylation is 1. The highest BCUT2D eigenvalue weighted by atomic mass is 15.2. The van der Waals surface area contributed by atoms with Crippen molar-refractivity contribution in [1.29, 1.82) is 0 Å². The Labute approximate surface area is 115 Å². The average molecular weight is 267 g/mol. The third-order valence-corrected chi connectivity index (χ3v) is 2.84. The highest BCUT2D eigenvalue weighted by Crippen LogP contribution is 2.20. The van der Waals surface area contributed by atoms with Crippen LogP contribution in [0.25, 0.3) is 17.3 Å². The maximum absolute atomic E-state index is 4.49. The van der Waals surface area contributed by atoms with Gasteiger partial charge in [0.15, 0.2) is 5.82 Å². The molecule has 0 aromatic carbocycles. The van der Waals surface area contributed by atoms with Crippen LogP contribution in [-0.4, -0.2) is 36.5 Å². The molecule has 20 heavy (non-hydrogen) atoms. The van der Waals surface area contributed by atoms with E-state index in [1.807, 2.05) is 13.0 Å². The van der Waals surface area contributed by atoms with E-state index in [9.17, 15) is 0 Å². The van der Waals surface area contributed by atoms with Crippen molar-refractivity contribution in [3.63, 3.8) is 0 Å². The van der Waals surface area contributed by atoms with Crippen molar-refractivity contribution in [1.82, 2.24) is 29.5 Å². The Kier molecular flexibility index (Phi) is 3.08. The molecule has 3 heterocycles. The van der Waals surface area contributed by atoms with Gasteiger partial charge in [-0.25, -0.2) is 4.98 Å². The lowest BCUT2D eigenvalue weighted by Gasteiger charge is -2.08. The topological polar surface area (TPSA) is 81.4 Å². The van der Waals surface area contributed by atoms with E-state index in [1.165, 1.54) is 0 Å². The molecule has 100 valence electrons. The number of aromatic nitrogens is 6. The summed E-state index contributed by atoms with van der Waals surface area (Å²) in [6.07, 6.45) is 8.63. The third-order valence-electron chi connectivity index (χ3n) is 2.84. The number of nitrogens with zero attached hydrogens (tertiary/aromatic N) is 6. The van der Waals surface area contributed by atoms with Crippen LogP contribution < -0.4 is 5.32 Å². The lowest BCUT2D eigenvalue weighted by atomic mass is 10.1. The van der Waals surface area contributed by atoms with Crippen molar-refractivity contribution in [3.05, 3.63) is 42.7 Å². The van der Waals surface area contributed by atoms with Gasteiger partial charge in [-0.3, -0.25) is 9.55 Å². The summed E-state index contributed by atoms with van der Waals surface area (Å²) in [4.78, 5) is 21.3. The van der Waals surface area contributed by atoms with E-state index >= 15 is 0 Å². The van der Waals surface area contributed by atoms with Crippen LogP contribution in [0.5, 0.6) is 0 Å². The zero-order valence-corrected chi connectivity index (χ0v) is 11.1. The number of hydrogen-bond donors (Lipinski definition) is 1. The first-order valence-electron chi connectivity index (χ1n) is 6.11. The number of imidazole rings is 1. The van der Waals surface area contributed by atoms with Crippen molar-refractivity contribution in [3.8, 4) is 17.3 Å². The van der Waals surface area contributed by atoms with Crippen LogP contribution in [0, 0.1) is 6.92 Å². The van der Waals surface area contributed by atoms with Gasteiger partial charge < -0.3 is 5.32 Å². The molecule has 3 aromatic heterocycles. The third kappa shape index (κ3) is 2.20. The van der Waals surface area contributed by atoms with Gasteiger partial charge in [0.2, 0.25) is 11.9 Å². The number of anilines is 1. The summed E-state index contributed by atoms with van der Waals surface area (Å²) in [5.74, 6) is 1.64. The van der Waals surface area contributed by atoms with Crippen molar-refractivity contribution in [2.45, 2.75) is 6.92 Å². The molecule has 1 N–H and O–H groups in total. The number of nitrogens with one attached hydrogen (secondary N) is 1. The lowest BCUT2D eigenvalue weighted by Crippen LogP contribution is -2.07. The number of pyridine rings is 1. The first-order valence-corrected chi connectivity index (χ1v) is 6.11. The zero-order valence-electron chi connectivity index (χ0n) is 11.1. The SMILES string of the molecule is CNc1nc(-c2ccncc2C)nc(-n2ccnc2)n1. The fraction of sp³-hybridized carbons (Fsp3) is 0.154. The Hall–Kier alpha value is -2.83. The molecular weight excluding hydrogens is 254 g/mol. The maximum Gasteiger partial charge on any atom is 0.240 e. The normalized spacial score (nSPS) is 10.5. The van der Waals surface area contributed by atoms with E-state index in [4.69, 9.17) is 0 Å². The quantitative estimate of drug-likeness (QED) is 0.774. The minimum absolute atomic E-state index is 0.509. The standard InChI is InChI=1S/C13H13N7/c1-9-7-15-4-3-10(9)11-17-12(14-2)19-13(18-11)20-6-5-16-8-20/h3-8H,1-2H3,(H,14,17,18,19). The van der Waals surface area contributed by atoms with Crippen molar-refractivity contribution >= 4 is 5.95 Å². The number of hydrogen-bond acceptors (Lipinski definition) is 6. The summed E-state index contributed by atoms with van der Waals surface area (Å²) in [6.45, 7) is 1.97. The molecule has 0 amide bonds. The fourth-order valence-corrected chi connectivity index (χ4v) is 1.81. The van der Waals surface area contributed by atoms with Crippen LogP contribution in [-0.2, 0) is 0 Å². The summed E-state index contributed by atoms with van der Waals surface area (Å²) >= 11 is 0. The zero-order chi connectivity index (χ0) is 13.9. The van der Waals surface area contributed by atoms with E-state index in [0.29, 0.717) is 17.7 Å². The van der Waals surface area contributed by atoms with Gasteiger partial charge in [-0.1, -0.05) is 0 Å². The highest BCUT2D eigenvalue weighted by Gasteiger charge is 2.10. The molecule has 0 spiro atoms. The van der Waals surface area contributed by atoms with Gasteiger partial charge in [0.05, 0.1) is 0 Å². The summed E-state index contributed by atoms with van der Waals surface area (Å²) in [6, 6.07) is 1.89. The predicted octanol–water partition coefficient (Wildman–Crippen LogP) is 1.47. The summed E-state index contributed by atoms with van der Waals surface area (Å²) in [5, 5.41) is 2.95. The fourth-order valence-electron chi connectivity index (χ4n) is 1.81. The largest absolute Gasteiger partial charge is 0.357 e. The minimum Gasteiger partial charge on any atom is -0.357 e. The summed E-state index contributed by atoms with van der Waals surface area (Å²) in [5.41, 5.74) is 1.94. The molecule has 0 radical (unpaired) electrons. The Morgan fingerprint density at radius 2 is 2.00 bits per heavy atom. The molecule has 0 saturated heterocycles. The van der Waals surface area contributed by atoms with E-state index in [2.05, 4.69) is 30.2 Å². The predicted molar refractivity (Wildman–Crippen MR) is 74.5 cm³/mol.